The number of ether oxygens (including phenoxy) is 3. The van der Waals surface area contributed by atoms with Crippen LogP contribution in [-0.2, 0) is 22.4 Å². The molecule has 10 heteroatoms. The van der Waals surface area contributed by atoms with E-state index in [0.717, 1.165) is 16.8 Å². The van der Waals surface area contributed by atoms with Gasteiger partial charge in [0.25, 0.3) is 0 Å². The van der Waals surface area contributed by atoms with Crippen LogP contribution in [0.3, 0.4) is 0 Å². The molecule has 0 saturated carbocycles. The van der Waals surface area contributed by atoms with Crippen LogP contribution in [0.5, 0.6) is 17.2 Å². The van der Waals surface area contributed by atoms with Gasteiger partial charge in [-0.1, -0.05) is 37.6 Å². The molecule has 0 bridgehead atoms. The van der Waals surface area contributed by atoms with Gasteiger partial charge in [-0.15, -0.1) is 0 Å². The minimum absolute atomic E-state index is 0.0315. The van der Waals surface area contributed by atoms with E-state index in [0.29, 0.717) is 34.9 Å². The highest BCUT2D eigenvalue weighted by Crippen LogP contribution is 2.48. The lowest BCUT2D eigenvalue weighted by molar-refractivity contribution is -0.143. The minimum atomic E-state index is -1.09. The smallest absolute Gasteiger partial charge is 0.309 e. The van der Waals surface area contributed by atoms with Crippen molar-refractivity contribution in [1.29, 1.82) is 0 Å². The average molecular weight is 583 g/mol. The van der Waals surface area contributed by atoms with Crippen LogP contribution in [0.15, 0.2) is 48.5 Å². The Labute approximate surface area is 243 Å². The second kappa shape index (κ2) is 12.0. The van der Waals surface area contributed by atoms with Crippen LogP contribution in [0, 0.1) is 11.7 Å². The Kier molecular flexibility index (Phi) is 8.37. The molecule has 3 aromatic carbocycles. The van der Waals surface area contributed by atoms with E-state index in [2.05, 4.69) is 5.32 Å². The maximum absolute atomic E-state index is 15.4. The van der Waals surface area contributed by atoms with Crippen LogP contribution in [0.1, 0.15) is 48.1 Å². The van der Waals surface area contributed by atoms with Gasteiger partial charge in [0.2, 0.25) is 12.7 Å². The summed E-state index contributed by atoms with van der Waals surface area (Å²) in [6.07, 6.45) is 1.35. The number of carboxylic acid groups (broad SMARTS) is 1. The molecule has 2 N–H and O–H groups in total. The fraction of sp³-hybridized carbons (Fsp3) is 0.355. The molecule has 2 aliphatic rings. The number of carbonyl (C=O) groups excluding carboxylic acids is 1. The molecule has 2 aliphatic heterocycles. The summed E-state index contributed by atoms with van der Waals surface area (Å²) in [6, 6.07) is 12.8. The summed E-state index contributed by atoms with van der Waals surface area (Å²) in [5.74, 6) is -2.50. The van der Waals surface area contributed by atoms with Crippen LogP contribution >= 0.6 is 11.6 Å². The highest BCUT2D eigenvalue weighted by Gasteiger charge is 2.49. The maximum atomic E-state index is 15.4. The number of anilines is 1. The number of carboxylic acids is 1. The van der Waals surface area contributed by atoms with E-state index in [1.165, 1.54) is 12.1 Å². The monoisotopic (exact) mass is 582 g/mol. The fourth-order valence-corrected chi connectivity index (χ4v) is 6.20. The lowest BCUT2D eigenvalue weighted by Crippen LogP contribution is -2.35. The van der Waals surface area contributed by atoms with E-state index in [4.69, 9.17) is 25.8 Å². The number of methoxy groups -OCH3 is 1. The summed E-state index contributed by atoms with van der Waals surface area (Å²) >= 11 is 6.30. The number of benzene rings is 3. The minimum Gasteiger partial charge on any atom is -0.497 e. The predicted molar refractivity (Wildman–Crippen MR) is 153 cm³/mol. The molecule has 0 aromatic heterocycles. The topological polar surface area (TPSA) is 97.3 Å². The molecule has 1 fully saturated rings. The largest absolute Gasteiger partial charge is 0.497 e. The van der Waals surface area contributed by atoms with E-state index in [1.807, 2.05) is 26.0 Å². The summed E-state index contributed by atoms with van der Waals surface area (Å²) in [5.41, 5.74) is 3.45. The number of nitrogens with zero attached hydrogens (tertiary/aromatic N) is 1. The number of nitrogens with one attached hydrogen (secondary N) is 1. The van der Waals surface area contributed by atoms with E-state index in [-0.39, 0.29) is 37.1 Å². The summed E-state index contributed by atoms with van der Waals surface area (Å²) in [6.45, 7) is 3.99. The highest BCUT2D eigenvalue weighted by molar-refractivity contribution is 6.30. The molecule has 5 rings (SSSR count). The lowest BCUT2D eigenvalue weighted by atomic mass is 9.82. The zero-order valence-corrected chi connectivity index (χ0v) is 23.8. The normalized spacial score (nSPS) is 19.8. The van der Waals surface area contributed by atoms with Gasteiger partial charge in [0.05, 0.1) is 19.6 Å². The van der Waals surface area contributed by atoms with Crippen molar-refractivity contribution in [2.75, 3.05) is 32.3 Å². The SMILES string of the molecule is CCc1cc(Cl)cc(CC)c1NC(=O)CN1C[C@H](c2cc3c(cc2F)OCO3)C(C(=O)O)[C@@H]1c1ccc(OC)cc1. The third kappa shape index (κ3) is 5.69. The van der Waals surface area contributed by atoms with E-state index in [1.54, 1.807) is 36.3 Å². The van der Waals surface area contributed by atoms with Crippen molar-refractivity contribution >= 4 is 29.2 Å². The number of rotatable bonds is 9. The molecule has 41 heavy (non-hydrogen) atoms. The van der Waals surface area contributed by atoms with Gasteiger partial charge in [0.1, 0.15) is 11.6 Å². The Balaban J connectivity index is 1.51. The standard InChI is InChI=1S/C31H32ClFN2O6/c1-4-17-10-20(32)11-18(5-2)29(17)34-27(36)15-35-14-23(22-12-25-26(13-24(22)33)41-16-40-25)28(31(37)38)30(35)19-6-8-21(39-3)9-7-19/h6-13,23,28,30H,4-5,14-16H2,1-3H3,(H,34,36)(H,37,38)/t23-,28?,30+/m1/s1. The number of carbonyl (C=O) groups is 2. The zero-order chi connectivity index (χ0) is 29.3. The molecule has 1 unspecified atom stereocenters. The zero-order valence-electron chi connectivity index (χ0n) is 23.1. The van der Waals surface area contributed by atoms with Gasteiger partial charge in [0, 0.05) is 35.3 Å². The Hall–Kier alpha value is -3.82. The van der Waals surface area contributed by atoms with Crippen molar-refractivity contribution in [2.45, 2.75) is 38.6 Å². The quantitative estimate of drug-likeness (QED) is 0.328. The molecule has 1 saturated heterocycles. The first kappa shape index (κ1) is 28.7. The molecular weight excluding hydrogens is 551 g/mol. The molecule has 0 radical (unpaired) electrons. The molecule has 1 amide bonds. The molecule has 3 atom stereocenters. The number of hydrogen-bond donors (Lipinski definition) is 2. The maximum Gasteiger partial charge on any atom is 0.309 e. The van der Waals surface area contributed by atoms with Gasteiger partial charge < -0.3 is 24.6 Å². The number of hydrogen-bond acceptors (Lipinski definition) is 6. The van der Waals surface area contributed by atoms with Gasteiger partial charge >= 0.3 is 5.97 Å². The number of aliphatic carboxylic acids is 1. The van der Waals surface area contributed by atoms with Crippen molar-refractivity contribution < 1.29 is 33.3 Å². The molecule has 216 valence electrons. The predicted octanol–water partition coefficient (Wildman–Crippen LogP) is 5.82. The van der Waals surface area contributed by atoms with Gasteiger partial charge in [-0.2, -0.15) is 0 Å². The first-order valence-corrected chi connectivity index (χ1v) is 13.9. The van der Waals surface area contributed by atoms with Crippen molar-refractivity contribution in [1.82, 2.24) is 4.90 Å². The summed E-state index contributed by atoms with van der Waals surface area (Å²) in [7, 11) is 1.55. The lowest BCUT2D eigenvalue weighted by Gasteiger charge is -2.27. The Morgan fingerprint density at radius 1 is 1.07 bits per heavy atom. The Bertz CT molecular complexity index is 1440. The van der Waals surface area contributed by atoms with E-state index >= 15 is 4.39 Å². The van der Waals surface area contributed by atoms with Crippen LogP contribution in [0.2, 0.25) is 5.02 Å². The third-order valence-corrected chi connectivity index (χ3v) is 8.09. The third-order valence-electron chi connectivity index (χ3n) is 7.87. The summed E-state index contributed by atoms with van der Waals surface area (Å²) in [5, 5.41) is 14.1. The molecular formula is C31H32ClFN2O6. The average Bonchev–Trinajstić information content (AvgIpc) is 3.57. The molecule has 0 spiro atoms. The van der Waals surface area contributed by atoms with Crippen molar-refractivity contribution in [3.8, 4) is 17.2 Å². The summed E-state index contributed by atoms with van der Waals surface area (Å²) in [4.78, 5) is 28.2. The molecule has 3 aromatic rings. The van der Waals surface area contributed by atoms with Crippen LogP contribution in [0.4, 0.5) is 10.1 Å². The Morgan fingerprint density at radius 3 is 2.29 bits per heavy atom. The van der Waals surface area contributed by atoms with Crippen molar-refractivity contribution in [3.05, 3.63) is 81.6 Å². The van der Waals surface area contributed by atoms with E-state index < -0.39 is 29.7 Å². The second-order valence-electron chi connectivity index (χ2n) is 10.2. The van der Waals surface area contributed by atoms with Crippen molar-refractivity contribution in [2.24, 2.45) is 5.92 Å². The second-order valence-corrected chi connectivity index (χ2v) is 10.6. The van der Waals surface area contributed by atoms with Gasteiger partial charge in [0.15, 0.2) is 11.5 Å². The number of fused-ring (bicyclic) bond motifs is 1. The van der Waals surface area contributed by atoms with Crippen LogP contribution in [-0.4, -0.2) is 48.9 Å². The first-order chi connectivity index (χ1) is 19.7. The van der Waals surface area contributed by atoms with Crippen LogP contribution in [0.25, 0.3) is 0 Å². The summed E-state index contributed by atoms with van der Waals surface area (Å²) < 4.78 is 31.4. The molecule has 0 aliphatic carbocycles. The molecule has 8 nitrogen and oxygen atoms in total. The first-order valence-electron chi connectivity index (χ1n) is 13.5. The number of amides is 1. The number of halogens is 2. The molecule has 2 heterocycles. The van der Waals surface area contributed by atoms with Gasteiger partial charge in [-0.3, -0.25) is 14.5 Å². The van der Waals surface area contributed by atoms with Crippen LogP contribution < -0.4 is 19.5 Å². The van der Waals surface area contributed by atoms with Gasteiger partial charge in [-0.05, 0) is 65.4 Å². The highest BCUT2D eigenvalue weighted by atomic mass is 35.5. The Morgan fingerprint density at radius 2 is 1.71 bits per heavy atom. The number of aryl methyl sites for hydroxylation is 2. The van der Waals surface area contributed by atoms with E-state index in [9.17, 15) is 14.7 Å². The van der Waals surface area contributed by atoms with Crippen molar-refractivity contribution in [3.63, 3.8) is 0 Å². The fourth-order valence-electron chi connectivity index (χ4n) is 5.93. The number of likely N-dealkylation sites (tertiary alicyclic amines) is 1. The van der Waals surface area contributed by atoms with Gasteiger partial charge in [-0.25, -0.2) is 4.39 Å².